The second-order valence-electron chi connectivity index (χ2n) is 14.1. The van der Waals surface area contributed by atoms with Gasteiger partial charge < -0.3 is 35.4 Å². The van der Waals surface area contributed by atoms with Crippen LogP contribution in [-0.4, -0.2) is 106 Å². The van der Waals surface area contributed by atoms with Gasteiger partial charge in [0.15, 0.2) is 16.6 Å². The first-order chi connectivity index (χ1) is 21.4. The normalized spacial score (nSPS) is 14.1. The molecule has 0 aliphatic rings. The summed E-state index contributed by atoms with van der Waals surface area (Å²) in [5.74, 6) is 0.766. The van der Waals surface area contributed by atoms with Crippen molar-refractivity contribution in [1.29, 1.82) is 0 Å². The lowest BCUT2D eigenvalue weighted by Crippen LogP contribution is -2.62. The fourth-order valence-corrected chi connectivity index (χ4v) is 34.0. The fourth-order valence-electron chi connectivity index (χ4n) is 5.20. The Hall–Kier alpha value is 0.974. The maximum Gasteiger partial charge on any atom is 0.332 e. The first kappa shape index (κ1) is 75.8. The Labute approximate surface area is 355 Å². The van der Waals surface area contributed by atoms with Gasteiger partial charge in [-0.05, 0) is 97.2 Å². The summed E-state index contributed by atoms with van der Waals surface area (Å²) in [6, 6.07) is 1.85. The van der Waals surface area contributed by atoms with E-state index in [1.54, 1.807) is 14.0 Å². The number of esters is 1. The van der Waals surface area contributed by atoms with E-state index in [0.717, 1.165) is 74.8 Å². The third-order valence-corrected chi connectivity index (χ3v) is 29.5. The molecule has 0 aromatic rings. The van der Waals surface area contributed by atoms with Gasteiger partial charge in [-0.15, -0.1) is 0 Å². The molecule has 0 bridgehead atoms. The fraction of sp³-hybridized carbons (Fsp3) is 0.974. The van der Waals surface area contributed by atoms with Gasteiger partial charge in [-0.3, -0.25) is 0 Å². The Morgan fingerprint density at radius 3 is 1.43 bits per heavy atom. The average molecular weight is 908 g/mol. The summed E-state index contributed by atoms with van der Waals surface area (Å²) >= 11 is 0. The molecule has 340 valence electrons. The summed E-state index contributed by atoms with van der Waals surface area (Å²) in [7, 11) is -6.09. The van der Waals surface area contributed by atoms with Gasteiger partial charge in [0.05, 0.1) is 19.8 Å². The van der Waals surface area contributed by atoms with E-state index in [1.165, 1.54) is 0 Å². The molecule has 3 unspecified atom stereocenters. The molecule has 16 heteroatoms. The summed E-state index contributed by atoms with van der Waals surface area (Å²) in [5.41, 5.74) is 0. The van der Waals surface area contributed by atoms with Gasteiger partial charge in [0.1, 0.15) is 6.61 Å². The number of hydrogen-bond acceptors (Lipinski definition) is 11. The van der Waals surface area contributed by atoms with Crippen LogP contribution in [0.25, 0.3) is 0 Å². The van der Waals surface area contributed by atoms with Gasteiger partial charge in [0, 0.05) is 31.5 Å². The molecule has 0 aliphatic carbocycles. The van der Waals surface area contributed by atoms with Crippen molar-refractivity contribution in [2.24, 2.45) is 0 Å². The van der Waals surface area contributed by atoms with Gasteiger partial charge >= 0.3 is 31.7 Å². The van der Waals surface area contributed by atoms with Gasteiger partial charge in [-0.2, -0.15) is 0 Å². The van der Waals surface area contributed by atoms with E-state index in [0.29, 0.717) is 26.4 Å². The summed E-state index contributed by atoms with van der Waals surface area (Å²) in [6.45, 7) is 27.3. The zero-order valence-electron chi connectivity index (χ0n) is 31.5. The second-order valence-corrected chi connectivity index (χ2v) is 37.3. The molecule has 0 aromatic heterocycles. The zero-order chi connectivity index (χ0) is 35.2. The Morgan fingerprint density at radius 1 is 0.500 bits per heavy atom. The molecule has 0 aromatic carbocycles. The van der Waals surface area contributed by atoms with Crippen molar-refractivity contribution in [1.82, 2.24) is 0 Å². The monoisotopic (exact) mass is 907 g/mol. The third-order valence-electron chi connectivity index (χ3n) is 6.48. The van der Waals surface area contributed by atoms with Crippen LogP contribution in [0.15, 0.2) is 0 Å². The van der Waals surface area contributed by atoms with Gasteiger partial charge in [0.2, 0.25) is 0 Å². The topological polar surface area (TPSA) is 90.9 Å². The van der Waals surface area contributed by atoms with Crippen LogP contribution < -0.4 is 0 Å². The molecular formula is C38H102O9S2Si5. The van der Waals surface area contributed by atoms with Crippen LogP contribution in [0.2, 0.25) is 71.0 Å². The SMILES string of the molecule is C.C.C.C.C.C.C.C.CCOC(=O)COCCCCCCC[Si](C)(O[Si](C)(CCCCOCCOC)O[Si](C)(C)C)O[Si](C)(CSSCC)O[Si](C)(C)C. The molecule has 0 radical (unpaired) electrons. The first-order valence-corrected chi connectivity index (χ1v) is 34.1. The van der Waals surface area contributed by atoms with Crippen molar-refractivity contribution in [3.05, 3.63) is 0 Å². The number of carbonyl (C=O) groups is 1. The summed E-state index contributed by atoms with van der Waals surface area (Å²) in [5, 5.41) is 0.888. The molecule has 54 heavy (non-hydrogen) atoms. The van der Waals surface area contributed by atoms with Crippen LogP contribution in [0.4, 0.5) is 0 Å². The van der Waals surface area contributed by atoms with Gasteiger partial charge in [0.25, 0.3) is 0 Å². The molecule has 9 nitrogen and oxygen atoms in total. The van der Waals surface area contributed by atoms with Crippen LogP contribution in [0.3, 0.4) is 0 Å². The highest BCUT2D eigenvalue weighted by molar-refractivity contribution is 8.77. The maximum absolute atomic E-state index is 11.5. The predicted molar refractivity (Wildman–Crippen MR) is 262 cm³/mol. The molecule has 0 saturated heterocycles. The van der Waals surface area contributed by atoms with E-state index in [4.69, 9.17) is 35.4 Å². The molecule has 0 aliphatic heterocycles. The summed E-state index contributed by atoms with van der Waals surface area (Å²) < 4.78 is 49.8. The number of hydrogen-bond donors (Lipinski definition) is 0. The maximum atomic E-state index is 11.5. The van der Waals surface area contributed by atoms with Crippen LogP contribution in [0.5, 0.6) is 0 Å². The molecule has 0 heterocycles. The molecule has 0 fully saturated rings. The van der Waals surface area contributed by atoms with Crippen molar-refractivity contribution >= 4 is 69.9 Å². The number of ether oxygens (including phenoxy) is 4. The Kier molecular flexibility index (Phi) is 57.2. The molecule has 0 N–H and O–H groups in total. The van der Waals surface area contributed by atoms with Crippen molar-refractivity contribution in [3.8, 4) is 0 Å². The van der Waals surface area contributed by atoms with E-state index in [-0.39, 0.29) is 72.0 Å². The highest BCUT2D eigenvalue weighted by Crippen LogP contribution is 2.35. The Balaban J connectivity index is -0.000000362. The highest BCUT2D eigenvalue weighted by Gasteiger charge is 2.50. The number of carbonyl (C=O) groups excluding carboxylic acids is 1. The van der Waals surface area contributed by atoms with Crippen LogP contribution >= 0.6 is 21.6 Å². The van der Waals surface area contributed by atoms with Gasteiger partial charge in [-0.25, -0.2) is 4.79 Å². The lowest BCUT2D eigenvalue weighted by molar-refractivity contribution is -0.148. The predicted octanol–water partition coefficient (Wildman–Crippen LogP) is 13.9. The van der Waals surface area contributed by atoms with Crippen molar-refractivity contribution in [3.63, 3.8) is 0 Å². The minimum atomic E-state index is -2.70. The Bertz CT molecular complexity index is 799. The Morgan fingerprint density at radius 2 is 0.926 bits per heavy atom. The van der Waals surface area contributed by atoms with Crippen molar-refractivity contribution < 1.29 is 40.2 Å². The van der Waals surface area contributed by atoms with Gasteiger partial charge in [-0.1, -0.05) is 114 Å². The smallest absolute Gasteiger partial charge is 0.332 e. The number of rotatable bonds is 31. The standard InChI is InChI=1S/C30H70O9S2Si5.8CH4/c1-13-35-30(31)28-34-23-18-16-15-17-20-26-45(11,39-46(12,29-41-40-14-2)37-43(7,8)9)38-44(10,36-42(4,5)6)27-21-19-22-33-25-24-32-3;;;;;;;;/h13-29H2,1-12H3;8*1H4. The zero-order valence-corrected chi connectivity index (χ0v) is 38.1. The summed E-state index contributed by atoms with van der Waals surface area (Å²) in [6.07, 6.45) is 7.25. The van der Waals surface area contributed by atoms with Crippen LogP contribution in [0.1, 0.15) is 118 Å². The van der Waals surface area contributed by atoms with E-state index in [1.807, 2.05) is 21.6 Å². The largest absolute Gasteiger partial charge is 0.464 e. The lowest BCUT2D eigenvalue weighted by atomic mass is 10.2. The molecule has 0 rings (SSSR count). The molecule has 0 saturated carbocycles. The molecule has 3 atom stereocenters. The third kappa shape index (κ3) is 44.1. The quantitative estimate of drug-likeness (QED) is 0.0288. The van der Waals surface area contributed by atoms with E-state index in [9.17, 15) is 4.79 Å². The number of unbranched alkanes of at least 4 members (excludes halogenated alkanes) is 5. The van der Waals surface area contributed by atoms with Crippen LogP contribution in [0, 0.1) is 0 Å². The van der Waals surface area contributed by atoms with Crippen molar-refractivity contribution in [2.75, 3.05) is 57.9 Å². The van der Waals surface area contributed by atoms with E-state index in [2.05, 4.69) is 65.8 Å². The number of methoxy groups -OCH3 is 1. The second kappa shape index (κ2) is 40.7. The first-order valence-electron chi connectivity index (χ1n) is 17.3. The highest BCUT2D eigenvalue weighted by atomic mass is 33.1. The summed E-state index contributed by atoms with van der Waals surface area (Å²) in [4.78, 5) is 11.5. The molecule has 0 amide bonds. The minimum absolute atomic E-state index is 0. The van der Waals surface area contributed by atoms with E-state index < -0.39 is 42.3 Å². The minimum Gasteiger partial charge on any atom is -0.464 e. The molecule has 0 spiro atoms. The van der Waals surface area contributed by atoms with Crippen molar-refractivity contribution in [2.45, 2.75) is 189 Å². The van der Waals surface area contributed by atoms with E-state index >= 15 is 0 Å². The lowest BCUT2D eigenvalue weighted by Gasteiger charge is -2.45. The average Bonchev–Trinajstić information content (AvgIpc) is 2.89. The van der Waals surface area contributed by atoms with Crippen LogP contribution in [-0.2, 0) is 40.2 Å². The molecular weight excluding hydrogens is 805 g/mol.